The summed E-state index contributed by atoms with van der Waals surface area (Å²) in [6.45, 7) is 2.04. The van der Waals surface area contributed by atoms with Crippen molar-refractivity contribution in [3.05, 3.63) is 98.7 Å². The number of H-pyrrole nitrogens is 1. The van der Waals surface area contributed by atoms with E-state index in [9.17, 15) is 9.90 Å². The molecular weight excluding hydrogens is 394 g/mol. The molecule has 2 aliphatic heterocycles. The van der Waals surface area contributed by atoms with Crippen LogP contribution in [0, 0.1) is 6.92 Å². The van der Waals surface area contributed by atoms with Crippen molar-refractivity contribution >= 4 is 11.3 Å². The van der Waals surface area contributed by atoms with E-state index in [0.29, 0.717) is 17.9 Å². The zero-order chi connectivity index (χ0) is 20.7. The van der Waals surface area contributed by atoms with Crippen molar-refractivity contribution in [2.45, 2.75) is 13.3 Å². The standard InChI is InChI=1S/C24H19N3O2S/c1-15-2-4-16(5-3-15)12-20-24(29)27-13-21(17-6-8-19(28)9-7-17)25-22(23(27)26-20)18-10-11-30-14-18/h2-11,13-14,25,28H,12H2,1H3. The van der Waals surface area contributed by atoms with Gasteiger partial charge in [0, 0.05) is 23.6 Å². The summed E-state index contributed by atoms with van der Waals surface area (Å²) < 4.78 is 1.62. The smallest absolute Gasteiger partial charge is 0.278 e. The minimum absolute atomic E-state index is 0.115. The topological polar surface area (TPSA) is 70.9 Å². The van der Waals surface area contributed by atoms with Gasteiger partial charge in [0.2, 0.25) is 0 Å². The third-order valence-corrected chi connectivity index (χ3v) is 5.84. The van der Waals surface area contributed by atoms with Gasteiger partial charge in [-0.05, 0) is 53.8 Å². The molecule has 6 heteroatoms. The van der Waals surface area contributed by atoms with Crippen LogP contribution >= 0.6 is 11.3 Å². The molecule has 2 aliphatic rings. The SMILES string of the molecule is Cc1ccc(Cc2nc3c(-c4ccsc4)[nH]c(-c4ccc(O)cc4)cn-3c2=O)cc1. The van der Waals surface area contributed by atoms with Crippen LogP contribution in [0.2, 0.25) is 0 Å². The van der Waals surface area contributed by atoms with Crippen molar-refractivity contribution in [2.24, 2.45) is 0 Å². The number of phenols is 1. The maximum absolute atomic E-state index is 13.2. The van der Waals surface area contributed by atoms with Crippen molar-refractivity contribution in [2.75, 3.05) is 0 Å². The fourth-order valence-corrected chi connectivity index (χ4v) is 4.17. The first-order valence-electron chi connectivity index (χ1n) is 9.60. The van der Waals surface area contributed by atoms with Crippen LogP contribution in [0.15, 0.2) is 76.3 Å². The number of fused-ring (bicyclic) bond motifs is 1. The van der Waals surface area contributed by atoms with E-state index in [1.54, 1.807) is 34.2 Å². The Bertz CT molecular complexity index is 1330. The second kappa shape index (κ2) is 7.31. The third kappa shape index (κ3) is 3.31. The predicted octanol–water partition coefficient (Wildman–Crippen LogP) is 5.00. The van der Waals surface area contributed by atoms with Gasteiger partial charge >= 0.3 is 0 Å². The number of benzene rings is 2. The van der Waals surface area contributed by atoms with E-state index in [2.05, 4.69) is 4.98 Å². The van der Waals surface area contributed by atoms with Gasteiger partial charge < -0.3 is 10.1 Å². The Morgan fingerprint density at radius 3 is 2.50 bits per heavy atom. The van der Waals surface area contributed by atoms with Crippen molar-refractivity contribution in [1.82, 2.24) is 14.5 Å². The molecule has 5 rings (SSSR count). The molecule has 0 amide bonds. The summed E-state index contributed by atoms with van der Waals surface area (Å²) in [5.41, 5.74) is 6.08. The zero-order valence-electron chi connectivity index (χ0n) is 16.3. The highest BCUT2D eigenvalue weighted by molar-refractivity contribution is 7.08. The number of nitrogens with one attached hydrogen (secondary N) is 1. The number of thiophene rings is 1. The van der Waals surface area contributed by atoms with E-state index >= 15 is 0 Å². The average Bonchev–Trinajstić information content (AvgIpc) is 3.39. The molecule has 0 saturated heterocycles. The van der Waals surface area contributed by atoms with Gasteiger partial charge in [0.1, 0.15) is 11.4 Å². The number of aromatic amines is 1. The normalized spacial score (nSPS) is 11.2. The first-order valence-corrected chi connectivity index (χ1v) is 10.5. The maximum Gasteiger partial charge on any atom is 0.278 e. The predicted molar refractivity (Wildman–Crippen MR) is 120 cm³/mol. The van der Waals surface area contributed by atoms with E-state index in [0.717, 1.165) is 28.1 Å². The van der Waals surface area contributed by atoms with Crippen molar-refractivity contribution in [3.8, 4) is 34.1 Å². The quantitative estimate of drug-likeness (QED) is 0.436. The van der Waals surface area contributed by atoms with Crippen molar-refractivity contribution < 1.29 is 5.11 Å². The highest BCUT2D eigenvalue weighted by Crippen LogP contribution is 2.30. The van der Waals surface area contributed by atoms with Crippen molar-refractivity contribution in [1.29, 1.82) is 0 Å². The van der Waals surface area contributed by atoms with Gasteiger partial charge in [0.05, 0.1) is 11.4 Å². The number of hydrogen-bond acceptors (Lipinski definition) is 4. The van der Waals surface area contributed by atoms with E-state index < -0.39 is 0 Å². The summed E-state index contributed by atoms with van der Waals surface area (Å²) in [5.74, 6) is 0.813. The van der Waals surface area contributed by atoms with E-state index in [4.69, 9.17) is 4.98 Å². The molecular formula is C24H19N3O2S. The van der Waals surface area contributed by atoms with Gasteiger partial charge in [0.15, 0.2) is 5.82 Å². The number of aromatic nitrogens is 3. The Kier molecular flexibility index (Phi) is 4.48. The monoisotopic (exact) mass is 413 g/mol. The molecule has 0 atom stereocenters. The number of rotatable bonds is 4. The molecule has 1 aromatic heterocycles. The number of phenolic OH excluding ortho intramolecular Hbond substituents is 1. The Morgan fingerprint density at radius 1 is 1.03 bits per heavy atom. The van der Waals surface area contributed by atoms with E-state index in [-0.39, 0.29) is 11.3 Å². The van der Waals surface area contributed by atoms with Crippen LogP contribution in [0.5, 0.6) is 5.75 Å². The molecule has 0 bridgehead atoms. The third-order valence-electron chi connectivity index (χ3n) is 5.16. The van der Waals surface area contributed by atoms with Crippen LogP contribution in [0.4, 0.5) is 0 Å². The minimum atomic E-state index is -0.115. The number of nitrogens with zero attached hydrogens (tertiary/aromatic N) is 2. The Labute approximate surface area is 177 Å². The van der Waals surface area contributed by atoms with Crippen LogP contribution in [0.25, 0.3) is 28.3 Å². The molecule has 30 heavy (non-hydrogen) atoms. The molecule has 148 valence electrons. The lowest BCUT2D eigenvalue weighted by Crippen LogP contribution is -2.16. The molecule has 3 heterocycles. The maximum atomic E-state index is 13.2. The Balaban J connectivity index is 1.68. The second-order valence-corrected chi connectivity index (χ2v) is 8.10. The summed E-state index contributed by atoms with van der Waals surface area (Å²) in [5, 5.41) is 13.6. The summed E-state index contributed by atoms with van der Waals surface area (Å²) in [6.07, 6.45) is 2.27. The molecule has 0 radical (unpaired) electrons. The summed E-state index contributed by atoms with van der Waals surface area (Å²) >= 11 is 1.59. The van der Waals surface area contributed by atoms with E-state index in [1.165, 1.54) is 5.56 Å². The molecule has 0 spiro atoms. The molecule has 0 unspecified atom stereocenters. The van der Waals surface area contributed by atoms with Crippen LogP contribution in [0.1, 0.15) is 16.8 Å². The summed E-state index contributed by atoms with van der Waals surface area (Å²) in [6, 6.07) is 17.1. The summed E-state index contributed by atoms with van der Waals surface area (Å²) in [7, 11) is 0. The largest absolute Gasteiger partial charge is 0.508 e. The summed E-state index contributed by atoms with van der Waals surface area (Å²) in [4.78, 5) is 21.4. The zero-order valence-corrected chi connectivity index (χ0v) is 17.1. The lowest BCUT2D eigenvalue weighted by molar-refractivity contribution is 0.475. The van der Waals surface area contributed by atoms with Gasteiger partial charge in [-0.1, -0.05) is 29.8 Å². The van der Waals surface area contributed by atoms with Gasteiger partial charge in [-0.15, -0.1) is 0 Å². The number of aromatic hydroxyl groups is 1. The average molecular weight is 414 g/mol. The molecule has 3 aromatic rings. The fraction of sp³-hybridized carbons (Fsp3) is 0.0833. The Hall–Kier alpha value is -3.64. The minimum Gasteiger partial charge on any atom is -0.508 e. The highest BCUT2D eigenvalue weighted by atomic mass is 32.1. The van der Waals surface area contributed by atoms with Crippen molar-refractivity contribution in [3.63, 3.8) is 0 Å². The number of imidazole rings is 1. The molecule has 0 fully saturated rings. The number of hydrogen-bond donors (Lipinski definition) is 2. The molecule has 0 saturated carbocycles. The molecule has 0 aliphatic carbocycles. The lowest BCUT2D eigenvalue weighted by atomic mass is 10.1. The fourth-order valence-electron chi connectivity index (χ4n) is 3.52. The van der Waals surface area contributed by atoms with Crippen LogP contribution in [-0.4, -0.2) is 19.6 Å². The first kappa shape index (κ1) is 18.4. The molecule has 2 N–H and O–H groups in total. The van der Waals surface area contributed by atoms with Gasteiger partial charge in [-0.3, -0.25) is 9.36 Å². The van der Waals surface area contributed by atoms with Gasteiger partial charge in [-0.2, -0.15) is 11.3 Å². The van der Waals surface area contributed by atoms with Crippen LogP contribution < -0.4 is 5.56 Å². The second-order valence-electron chi connectivity index (χ2n) is 7.32. The van der Waals surface area contributed by atoms with E-state index in [1.807, 2.05) is 60.1 Å². The molecule has 5 nitrogen and oxygen atoms in total. The first-order chi connectivity index (χ1) is 14.6. The molecule has 2 aromatic carbocycles. The lowest BCUT2D eigenvalue weighted by Gasteiger charge is -2.12. The van der Waals surface area contributed by atoms with Crippen LogP contribution in [0.3, 0.4) is 0 Å². The Morgan fingerprint density at radius 2 is 1.80 bits per heavy atom. The number of aryl methyl sites for hydroxylation is 1. The highest BCUT2D eigenvalue weighted by Gasteiger charge is 2.21. The van der Waals surface area contributed by atoms with Gasteiger partial charge in [-0.25, -0.2) is 4.98 Å². The van der Waals surface area contributed by atoms with Crippen LogP contribution in [-0.2, 0) is 6.42 Å². The van der Waals surface area contributed by atoms with Gasteiger partial charge in [0.25, 0.3) is 5.56 Å².